The Kier molecular flexibility index (Phi) is 5.82. The molecule has 0 radical (unpaired) electrons. The highest BCUT2D eigenvalue weighted by atomic mass is 32.2. The third-order valence-corrected chi connectivity index (χ3v) is 6.67. The molecule has 1 heterocycles. The summed E-state index contributed by atoms with van der Waals surface area (Å²) in [5.74, 6) is 0.136. The van der Waals surface area contributed by atoms with Gasteiger partial charge in [-0.2, -0.15) is 4.31 Å². The van der Waals surface area contributed by atoms with Gasteiger partial charge in [-0.1, -0.05) is 30.3 Å². The standard InChI is InChI=1S/C20H24N2O4S/c1-15(23)21-19-14-18(10-11-20(19)26-2)27(24,25)22-12-6-9-17(22)13-16-7-4-3-5-8-16/h3-5,7-8,10-11,14,17H,6,9,12-13H2,1-2H3,(H,21,23)/t17-/m1/s1. The van der Waals surface area contributed by atoms with Crippen LogP contribution in [0.5, 0.6) is 5.75 Å². The summed E-state index contributed by atoms with van der Waals surface area (Å²) in [6.45, 7) is 1.87. The fourth-order valence-electron chi connectivity index (χ4n) is 3.49. The lowest BCUT2D eigenvalue weighted by atomic mass is 10.1. The molecule has 1 fully saturated rings. The topological polar surface area (TPSA) is 75.7 Å². The van der Waals surface area contributed by atoms with E-state index in [1.54, 1.807) is 10.4 Å². The predicted octanol–water partition coefficient (Wildman–Crippen LogP) is 3.05. The Bertz CT molecular complexity index is 913. The van der Waals surface area contributed by atoms with Crippen molar-refractivity contribution >= 4 is 21.6 Å². The molecule has 2 aromatic carbocycles. The van der Waals surface area contributed by atoms with Gasteiger partial charge in [0.05, 0.1) is 17.7 Å². The minimum absolute atomic E-state index is 0.0660. The molecule has 2 aromatic rings. The lowest BCUT2D eigenvalue weighted by Gasteiger charge is -2.24. The second kappa shape index (κ2) is 8.10. The number of carbonyl (C=O) groups is 1. The zero-order chi connectivity index (χ0) is 19.4. The van der Waals surface area contributed by atoms with E-state index in [-0.39, 0.29) is 16.8 Å². The average Bonchev–Trinajstić information content (AvgIpc) is 3.11. The van der Waals surface area contributed by atoms with Crippen LogP contribution in [0.25, 0.3) is 0 Å². The van der Waals surface area contributed by atoms with Crippen molar-refractivity contribution in [2.24, 2.45) is 0 Å². The zero-order valence-electron chi connectivity index (χ0n) is 15.5. The minimum atomic E-state index is -3.66. The summed E-state index contributed by atoms with van der Waals surface area (Å²) in [4.78, 5) is 11.6. The van der Waals surface area contributed by atoms with E-state index >= 15 is 0 Å². The van der Waals surface area contributed by atoms with Gasteiger partial charge in [-0.05, 0) is 43.0 Å². The van der Waals surface area contributed by atoms with E-state index in [1.807, 2.05) is 30.3 Å². The maximum Gasteiger partial charge on any atom is 0.243 e. The van der Waals surface area contributed by atoms with E-state index < -0.39 is 10.0 Å². The third-order valence-electron chi connectivity index (χ3n) is 4.73. The van der Waals surface area contributed by atoms with E-state index in [0.29, 0.717) is 24.4 Å². The number of carbonyl (C=O) groups excluding carboxylic acids is 1. The maximum atomic E-state index is 13.2. The highest BCUT2D eigenvalue weighted by Gasteiger charge is 2.35. The number of hydrogen-bond acceptors (Lipinski definition) is 4. The molecule has 27 heavy (non-hydrogen) atoms. The Hall–Kier alpha value is -2.38. The highest BCUT2D eigenvalue weighted by molar-refractivity contribution is 7.89. The fraction of sp³-hybridized carbons (Fsp3) is 0.350. The fourth-order valence-corrected chi connectivity index (χ4v) is 5.21. The normalized spacial score (nSPS) is 17.6. The van der Waals surface area contributed by atoms with Gasteiger partial charge in [-0.25, -0.2) is 8.42 Å². The summed E-state index contributed by atoms with van der Waals surface area (Å²) in [5, 5.41) is 2.63. The van der Waals surface area contributed by atoms with Crippen LogP contribution >= 0.6 is 0 Å². The Balaban J connectivity index is 1.89. The van der Waals surface area contributed by atoms with E-state index in [0.717, 1.165) is 18.4 Å². The molecule has 0 unspecified atom stereocenters. The van der Waals surface area contributed by atoms with Crippen LogP contribution in [0, 0.1) is 0 Å². The summed E-state index contributed by atoms with van der Waals surface area (Å²) in [5.41, 5.74) is 1.48. The van der Waals surface area contributed by atoms with Gasteiger partial charge in [0.15, 0.2) is 0 Å². The molecule has 0 saturated carbocycles. The van der Waals surface area contributed by atoms with Crippen molar-refractivity contribution in [1.29, 1.82) is 0 Å². The Morgan fingerprint density at radius 2 is 1.96 bits per heavy atom. The van der Waals surface area contributed by atoms with Crippen molar-refractivity contribution in [3.8, 4) is 5.75 Å². The highest BCUT2D eigenvalue weighted by Crippen LogP contribution is 2.32. The molecule has 144 valence electrons. The third kappa shape index (κ3) is 4.31. The van der Waals surface area contributed by atoms with Crippen LogP contribution < -0.4 is 10.1 Å². The van der Waals surface area contributed by atoms with Crippen LogP contribution in [0.1, 0.15) is 25.3 Å². The molecule has 0 spiro atoms. The SMILES string of the molecule is COc1ccc(S(=O)(=O)N2CCC[C@@H]2Cc2ccccc2)cc1NC(C)=O. The molecular formula is C20H24N2O4S. The van der Waals surface area contributed by atoms with Gasteiger partial charge in [0.2, 0.25) is 15.9 Å². The molecule has 0 aromatic heterocycles. The first-order chi connectivity index (χ1) is 12.9. The van der Waals surface area contributed by atoms with Crippen molar-refractivity contribution in [2.75, 3.05) is 19.0 Å². The van der Waals surface area contributed by atoms with Crippen molar-refractivity contribution in [3.63, 3.8) is 0 Å². The number of amides is 1. The van der Waals surface area contributed by atoms with Crippen molar-refractivity contribution in [3.05, 3.63) is 54.1 Å². The Labute approximate surface area is 160 Å². The molecule has 1 amide bonds. The van der Waals surface area contributed by atoms with Crippen molar-refractivity contribution in [1.82, 2.24) is 4.31 Å². The van der Waals surface area contributed by atoms with Gasteiger partial charge in [-0.15, -0.1) is 0 Å². The van der Waals surface area contributed by atoms with E-state index in [1.165, 1.54) is 26.2 Å². The minimum Gasteiger partial charge on any atom is -0.495 e. The summed E-state index contributed by atoms with van der Waals surface area (Å²) < 4.78 is 33.3. The number of benzene rings is 2. The first kappa shape index (κ1) is 19.4. The average molecular weight is 388 g/mol. The Morgan fingerprint density at radius 1 is 1.22 bits per heavy atom. The number of rotatable bonds is 6. The molecular weight excluding hydrogens is 364 g/mol. The van der Waals surface area contributed by atoms with Crippen molar-refractivity contribution < 1.29 is 17.9 Å². The monoisotopic (exact) mass is 388 g/mol. The van der Waals surface area contributed by atoms with Gasteiger partial charge in [0.1, 0.15) is 5.75 Å². The van der Waals surface area contributed by atoms with Gasteiger partial charge >= 0.3 is 0 Å². The van der Waals surface area contributed by atoms with Crippen LogP contribution in [0.2, 0.25) is 0 Å². The predicted molar refractivity (Wildman–Crippen MR) is 104 cm³/mol. The zero-order valence-corrected chi connectivity index (χ0v) is 16.3. The molecule has 1 N–H and O–H groups in total. The van der Waals surface area contributed by atoms with Gasteiger partial charge < -0.3 is 10.1 Å². The quantitative estimate of drug-likeness (QED) is 0.825. The second-order valence-corrected chi connectivity index (χ2v) is 8.54. The molecule has 7 heteroatoms. The van der Waals surface area contributed by atoms with Gasteiger partial charge in [-0.3, -0.25) is 4.79 Å². The summed E-state index contributed by atoms with van der Waals surface area (Å²) >= 11 is 0. The van der Waals surface area contributed by atoms with E-state index in [4.69, 9.17) is 4.74 Å². The molecule has 1 atom stereocenters. The number of nitrogens with one attached hydrogen (secondary N) is 1. The number of anilines is 1. The summed E-state index contributed by atoms with van der Waals surface area (Å²) in [6, 6.07) is 14.4. The number of ether oxygens (including phenoxy) is 1. The summed E-state index contributed by atoms with van der Waals surface area (Å²) in [6.07, 6.45) is 2.36. The first-order valence-corrected chi connectivity index (χ1v) is 10.4. The molecule has 1 saturated heterocycles. The maximum absolute atomic E-state index is 13.2. The lowest BCUT2D eigenvalue weighted by molar-refractivity contribution is -0.114. The largest absolute Gasteiger partial charge is 0.495 e. The van der Waals surface area contributed by atoms with Crippen LogP contribution in [-0.2, 0) is 21.2 Å². The molecule has 1 aliphatic heterocycles. The van der Waals surface area contributed by atoms with Crippen molar-refractivity contribution in [2.45, 2.75) is 37.1 Å². The second-order valence-electron chi connectivity index (χ2n) is 6.64. The van der Waals surface area contributed by atoms with Gasteiger partial charge in [0.25, 0.3) is 0 Å². The first-order valence-electron chi connectivity index (χ1n) is 8.93. The van der Waals surface area contributed by atoms with Gasteiger partial charge in [0, 0.05) is 19.5 Å². The lowest BCUT2D eigenvalue weighted by Crippen LogP contribution is -2.36. The van der Waals surface area contributed by atoms with Crippen LogP contribution in [0.4, 0.5) is 5.69 Å². The molecule has 3 rings (SSSR count). The van der Waals surface area contributed by atoms with Crippen LogP contribution in [-0.4, -0.2) is 38.3 Å². The number of sulfonamides is 1. The molecule has 0 aliphatic carbocycles. The van der Waals surface area contributed by atoms with Crippen LogP contribution in [0.3, 0.4) is 0 Å². The molecule has 6 nitrogen and oxygen atoms in total. The van der Waals surface area contributed by atoms with E-state index in [2.05, 4.69) is 5.32 Å². The smallest absolute Gasteiger partial charge is 0.243 e. The number of methoxy groups -OCH3 is 1. The molecule has 0 bridgehead atoms. The summed E-state index contributed by atoms with van der Waals surface area (Å²) in [7, 11) is -2.19. The number of hydrogen-bond donors (Lipinski definition) is 1. The Morgan fingerprint density at radius 3 is 2.63 bits per heavy atom. The number of nitrogens with zero attached hydrogens (tertiary/aromatic N) is 1. The molecule has 1 aliphatic rings. The van der Waals surface area contributed by atoms with Crippen LogP contribution in [0.15, 0.2) is 53.4 Å². The van der Waals surface area contributed by atoms with E-state index in [9.17, 15) is 13.2 Å².